The van der Waals surface area contributed by atoms with E-state index in [-0.39, 0.29) is 0 Å². The molecule has 2 rings (SSSR count). The molecular weight excluding hydrogens is 242 g/mol. The number of nitrogens with zero attached hydrogens (tertiary/aromatic N) is 1. The molecule has 0 aliphatic heterocycles. The van der Waals surface area contributed by atoms with Gasteiger partial charge < -0.3 is 0 Å². The number of benzene rings is 1. The first-order chi connectivity index (χ1) is 9.56. The van der Waals surface area contributed by atoms with Crippen LogP contribution in [0.15, 0.2) is 36.5 Å². The molecule has 0 amide bonds. The zero-order chi connectivity index (χ0) is 14.7. The normalized spacial score (nSPS) is 11.1. The summed E-state index contributed by atoms with van der Waals surface area (Å²) in [6, 6.07) is 11.4. The molecule has 1 nitrogen and oxygen atoms in total. The standard InChI is InChI=1S/C19H26N/c1-6-16(7-2)17-9-8-15(4)18(13-17)19-12-14(3)10-11-20(19)5/h8-13,16H,6-7H2,1-5H3/q+1. The number of hydrogen-bond acceptors (Lipinski definition) is 0. The van der Waals surface area contributed by atoms with Crippen molar-refractivity contribution in [1.29, 1.82) is 0 Å². The third-order valence-corrected chi connectivity index (χ3v) is 4.30. The Bertz CT molecular complexity index is 595. The zero-order valence-electron chi connectivity index (χ0n) is 13.4. The van der Waals surface area contributed by atoms with Crippen molar-refractivity contribution < 1.29 is 4.57 Å². The number of hydrogen-bond donors (Lipinski definition) is 0. The number of aromatic nitrogens is 1. The Balaban J connectivity index is 2.55. The summed E-state index contributed by atoms with van der Waals surface area (Å²) in [4.78, 5) is 0. The molecule has 0 radical (unpaired) electrons. The zero-order valence-corrected chi connectivity index (χ0v) is 13.4. The Morgan fingerprint density at radius 2 is 1.70 bits per heavy atom. The summed E-state index contributed by atoms with van der Waals surface area (Å²) in [5, 5.41) is 0. The van der Waals surface area contributed by atoms with Crippen LogP contribution in [0.25, 0.3) is 11.3 Å². The van der Waals surface area contributed by atoms with Crippen molar-refractivity contribution >= 4 is 0 Å². The third kappa shape index (κ3) is 2.92. The molecule has 0 saturated heterocycles. The van der Waals surface area contributed by atoms with Crippen LogP contribution in [0, 0.1) is 13.8 Å². The lowest BCUT2D eigenvalue weighted by Gasteiger charge is -2.15. The first-order valence-electron chi connectivity index (χ1n) is 7.64. The topological polar surface area (TPSA) is 3.88 Å². The Morgan fingerprint density at radius 1 is 1.00 bits per heavy atom. The van der Waals surface area contributed by atoms with Gasteiger partial charge in [0, 0.05) is 17.7 Å². The Kier molecular flexibility index (Phi) is 4.59. The van der Waals surface area contributed by atoms with E-state index in [0.717, 1.165) is 0 Å². The fraction of sp³-hybridized carbons (Fsp3) is 0.421. The first kappa shape index (κ1) is 14.8. The molecular formula is C19H26N+. The van der Waals surface area contributed by atoms with Crippen LogP contribution in [-0.2, 0) is 7.05 Å². The summed E-state index contributed by atoms with van der Waals surface area (Å²) in [5.74, 6) is 0.671. The first-order valence-corrected chi connectivity index (χ1v) is 7.64. The summed E-state index contributed by atoms with van der Waals surface area (Å²) in [6.07, 6.45) is 4.56. The van der Waals surface area contributed by atoms with Gasteiger partial charge in [0.05, 0.1) is 0 Å². The second-order valence-corrected chi connectivity index (χ2v) is 5.79. The van der Waals surface area contributed by atoms with Crippen LogP contribution in [0.2, 0.25) is 0 Å². The second-order valence-electron chi connectivity index (χ2n) is 5.79. The van der Waals surface area contributed by atoms with Gasteiger partial charge in [-0.3, -0.25) is 0 Å². The van der Waals surface area contributed by atoms with E-state index in [1.165, 1.54) is 40.8 Å². The minimum Gasteiger partial charge on any atom is -0.201 e. The van der Waals surface area contributed by atoms with E-state index < -0.39 is 0 Å². The van der Waals surface area contributed by atoms with Gasteiger partial charge in [-0.05, 0) is 55.4 Å². The Morgan fingerprint density at radius 3 is 2.35 bits per heavy atom. The minimum absolute atomic E-state index is 0.671. The van der Waals surface area contributed by atoms with Crippen molar-refractivity contribution in [2.24, 2.45) is 7.05 Å². The van der Waals surface area contributed by atoms with Crippen LogP contribution in [0.4, 0.5) is 0 Å². The van der Waals surface area contributed by atoms with E-state index in [0.29, 0.717) is 5.92 Å². The second kappa shape index (κ2) is 6.21. The quantitative estimate of drug-likeness (QED) is 0.708. The van der Waals surface area contributed by atoms with E-state index in [4.69, 9.17) is 0 Å². The lowest BCUT2D eigenvalue weighted by atomic mass is 9.90. The van der Waals surface area contributed by atoms with Crippen LogP contribution in [-0.4, -0.2) is 0 Å². The summed E-state index contributed by atoms with van der Waals surface area (Å²) >= 11 is 0. The molecule has 0 aliphatic rings. The molecule has 1 heterocycles. The van der Waals surface area contributed by atoms with Gasteiger partial charge in [-0.1, -0.05) is 26.0 Å². The predicted octanol–water partition coefficient (Wildman–Crippen LogP) is 4.70. The number of pyridine rings is 1. The van der Waals surface area contributed by atoms with Crippen molar-refractivity contribution in [3.63, 3.8) is 0 Å². The van der Waals surface area contributed by atoms with Crippen molar-refractivity contribution in [2.45, 2.75) is 46.5 Å². The molecule has 1 aromatic carbocycles. The molecule has 1 aromatic heterocycles. The van der Waals surface area contributed by atoms with Gasteiger partial charge in [0.1, 0.15) is 7.05 Å². The van der Waals surface area contributed by atoms with E-state index in [1.807, 2.05) is 0 Å². The number of aryl methyl sites for hydroxylation is 3. The maximum absolute atomic E-state index is 2.39. The monoisotopic (exact) mass is 268 g/mol. The van der Waals surface area contributed by atoms with Gasteiger partial charge >= 0.3 is 0 Å². The van der Waals surface area contributed by atoms with E-state index in [2.05, 4.69) is 75.8 Å². The van der Waals surface area contributed by atoms with Gasteiger partial charge in [-0.25, -0.2) is 4.57 Å². The van der Waals surface area contributed by atoms with Gasteiger partial charge in [0.15, 0.2) is 6.20 Å². The van der Waals surface area contributed by atoms with Crippen LogP contribution < -0.4 is 4.57 Å². The van der Waals surface area contributed by atoms with Crippen LogP contribution in [0.5, 0.6) is 0 Å². The lowest BCUT2D eigenvalue weighted by Crippen LogP contribution is -2.30. The van der Waals surface area contributed by atoms with Gasteiger partial charge in [-0.15, -0.1) is 0 Å². The summed E-state index contributed by atoms with van der Waals surface area (Å²) in [5.41, 5.74) is 6.79. The highest BCUT2D eigenvalue weighted by Gasteiger charge is 2.15. The largest absolute Gasteiger partial charge is 0.212 e. The maximum Gasteiger partial charge on any atom is 0.212 e. The molecule has 0 aliphatic carbocycles. The lowest BCUT2D eigenvalue weighted by molar-refractivity contribution is -0.660. The Labute approximate surface area is 123 Å². The van der Waals surface area contributed by atoms with Crippen molar-refractivity contribution in [3.05, 3.63) is 53.2 Å². The smallest absolute Gasteiger partial charge is 0.201 e. The molecule has 1 heteroatoms. The summed E-state index contributed by atoms with van der Waals surface area (Å²) in [6.45, 7) is 8.92. The van der Waals surface area contributed by atoms with Gasteiger partial charge in [0.25, 0.3) is 0 Å². The Hall–Kier alpha value is -1.63. The maximum atomic E-state index is 2.39. The molecule has 106 valence electrons. The molecule has 0 N–H and O–H groups in total. The van der Waals surface area contributed by atoms with Gasteiger partial charge in [0.2, 0.25) is 5.69 Å². The van der Waals surface area contributed by atoms with E-state index in [1.54, 1.807) is 0 Å². The molecule has 0 bridgehead atoms. The molecule has 0 fully saturated rings. The minimum atomic E-state index is 0.671. The van der Waals surface area contributed by atoms with E-state index >= 15 is 0 Å². The van der Waals surface area contributed by atoms with Crippen molar-refractivity contribution in [3.8, 4) is 11.3 Å². The average Bonchev–Trinajstić information content (AvgIpc) is 2.45. The summed E-state index contributed by atoms with van der Waals surface area (Å²) < 4.78 is 2.21. The highest BCUT2D eigenvalue weighted by atomic mass is 14.9. The molecule has 2 aromatic rings. The fourth-order valence-electron chi connectivity index (χ4n) is 2.87. The molecule has 0 unspecified atom stereocenters. The van der Waals surface area contributed by atoms with Crippen LogP contribution >= 0.6 is 0 Å². The summed E-state index contributed by atoms with van der Waals surface area (Å²) in [7, 11) is 2.12. The highest BCUT2D eigenvalue weighted by molar-refractivity contribution is 5.62. The van der Waals surface area contributed by atoms with Gasteiger partial charge in [-0.2, -0.15) is 0 Å². The van der Waals surface area contributed by atoms with Crippen LogP contribution in [0.1, 0.15) is 49.3 Å². The third-order valence-electron chi connectivity index (χ3n) is 4.30. The molecule has 0 atom stereocenters. The predicted molar refractivity (Wildman–Crippen MR) is 85.9 cm³/mol. The highest BCUT2D eigenvalue weighted by Crippen LogP contribution is 2.29. The molecule has 20 heavy (non-hydrogen) atoms. The van der Waals surface area contributed by atoms with E-state index in [9.17, 15) is 0 Å². The van der Waals surface area contributed by atoms with Crippen molar-refractivity contribution in [2.75, 3.05) is 0 Å². The number of rotatable bonds is 4. The SMILES string of the molecule is CCC(CC)c1ccc(C)c(-c2cc(C)cc[n+]2C)c1. The van der Waals surface area contributed by atoms with Crippen molar-refractivity contribution in [1.82, 2.24) is 0 Å². The molecule has 0 spiro atoms. The average molecular weight is 268 g/mol. The fourth-order valence-corrected chi connectivity index (χ4v) is 2.87. The molecule has 0 saturated carbocycles. The van der Waals surface area contributed by atoms with Crippen LogP contribution in [0.3, 0.4) is 0 Å².